The van der Waals surface area contributed by atoms with Gasteiger partial charge in [-0.15, -0.1) is 0 Å². The Kier molecular flexibility index (Phi) is 8.91. The lowest BCUT2D eigenvalue weighted by atomic mass is 10.1. The Morgan fingerprint density at radius 3 is 2.40 bits per heavy atom. The molecular formula is C30H30ClN7O4. The summed E-state index contributed by atoms with van der Waals surface area (Å²) in [6, 6.07) is 13.9. The van der Waals surface area contributed by atoms with Gasteiger partial charge in [0.15, 0.2) is 0 Å². The van der Waals surface area contributed by atoms with Crippen LogP contribution in [0.25, 0.3) is 11.3 Å². The molecule has 1 aliphatic rings. The first-order chi connectivity index (χ1) is 20.3. The van der Waals surface area contributed by atoms with E-state index in [1.807, 2.05) is 0 Å². The minimum atomic E-state index is -0.578. The molecule has 216 valence electrons. The van der Waals surface area contributed by atoms with E-state index in [1.165, 1.54) is 30.5 Å². The van der Waals surface area contributed by atoms with Gasteiger partial charge in [0.25, 0.3) is 17.4 Å². The van der Waals surface area contributed by atoms with Crippen molar-refractivity contribution in [1.82, 2.24) is 24.3 Å². The number of rotatable bonds is 8. The molecule has 5 rings (SSSR count). The van der Waals surface area contributed by atoms with E-state index in [1.54, 1.807) is 47.3 Å². The summed E-state index contributed by atoms with van der Waals surface area (Å²) in [5.41, 5.74) is 0.915. The fraction of sp³-hybridized carbons (Fsp3) is 0.233. The van der Waals surface area contributed by atoms with E-state index < -0.39 is 11.8 Å². The Labute approximate surface area is 247 Å². The number of nitrogens with one attached hydrogen (secondary N) is 2. The second-order valence-corrected chi connectivity index (χ2v) is 10.4. The van der Waals surface area contributed by atoms with Gasteiger partial charge in [0.2, 0.25) is 0 Å². The molecule has 1 saturated heterocycles. The SMILES string of the molecule is CN1CCN(CCn2ccnc(-c3ccc(C(=O)Nc4c(O)cccc4C(=O)Nc4ccc(Cl)cn4)cc3)c2=O)CC1. The van der Waals surface area contributed by atoms with Crippen molar-refractivity contribution < 1.29 is 14.7 Å². The van der Waals surface area contributed by atoms with Crippen LogP contribution in [0.15, 0.2) is 78.0 Å². The van der Waals surface area contributed by atoms with Crippen LogP contribution < -0.4 is 16.2 Å². The average molecular weight is 588 g/mol. The first kappa shape index (κ1) is 28.9. The number of halogens is 1. The zero-order valence-electron chi connectivity index (χ0n) is 23.0. The van der Waals surface area contributed by atoms with Crippen LogP contribution >= 0.6 is 11.6 Å². The van der Waals surface area contributed by atoms with Crippen molar-refractivity contribution in [2.75, 3.05) is 50.4 Å². The van der Waals surface area contributed by atoms with Gasteiger partial charge >= 0.3 is 0 Å². The quantitative estimate of drug-likeness (QED) is 0.267. The summed E-state index contributed by atoms with van der Waals surface area (Å²) in [5, 5.41) is 16.1. The monoisotopic (exact) mass is 587 g/mol. The van der Waals surface area contributed by atoms with Crippen molar-refractivity contribution in [3.8, 4) is 17.0 Å². The number of phenols is 1. The lowest BCUT2D eigenvalue weighted by molar-refractivity contribution is 0.102. The predicted molar refractivity (Wildman–Crippen MR) is 161 cm³/mol. The van der Waals surface area contributed by atoms with Gasteiger partial charge in [-0.25, -0.2) is 9.97 Å². The van der Waals surface area contributed by atoms with Crippen LogP contribution in [0, 0.1) is 0 Å². The number of piperazine rings is 1. The Balaban J connectivity index is 1.28. The molecule has 2 aromatic heterocycles. The maximum absolute atomic E-state index is 13.2. The lowest BCUT2D eigenvalue weighted by Crippen LogP contribution is -2.45. The smallest absolute Gasteiger partial charge is 0.277 e. The van der Waals surface area contributed by atoms with Crippen molar-refractivity contribution in [3.05, 3.63) is 99.7 Å². The highest BCUT2D eigenvalue weighted by Crippen LogP contribution is 2.29. The van der Waals surface area contributed by atoms with Gasteiger partial charge in [-0.1, -0.05) is 29.8 Å². The molecule has 3 heterocycles. The number of hydrogen-bond donors (Lipinski definition) is 3. The van der Waals surface area contributed by atoms with Crippen LogP contribution in [0.4, 0.5) is 11.5 Å². The molecule has 11 nitrogen and oxygen atoms in total. The molecule has 1 aliphatic heterocycles. The number of carbonyl (C=O) groups excluding carboxylic acids is 2. The molecule has 2 amide bonds. The fourth-order valence-electron chi connectivity index (χ4n) is 4.60. The Bertz CT molecular complexity index is 1630. The molecule has 0 spiro atoms. The molecule has 0 atom stereocenters. The molecule has 2 aromatic carbocycles. The van der Waals surface area contributed by atoms with Crippen molar-refractivity contribution in [3.63, 3.8) is 0 Å². The number of nitrogens with zero attached hydrogens (tertiary/aromatic N) is 5. The Morgan fingerprint density at radius 1 is 0.929 bits per heavy atom. The van der Waals surface area contributed by atoms with Crippen LogP contribution in [-0.2, 0) is 6.54 Å². The van der Waals surface area contributed by atoms with Crippen molar-refractivity contribution in [2.24, 2.45) is 0 Å². The molecule has 0 aliphatic carbocycles. The first-order valence-electron chi connectivity index (χ1n) is 13.4. The number of likely N-dealkylation sites (N-methyl/N-ethyl adjacent to an activating group) is 1. The van der Waals surface area contributed by atoms with E-state index in [0.29, 0.717) is 22.8 Å². The average Bonchev–Trinajstić information content (AvgIpc) is 2.99. The van der Waals surface area contributed by atoms with Gasteiger partial charge in [0.05, 0.1) is 16.3 Å². The summed E-state index contributed by atoms with van der Waals surface area (Å²) < 4.78 is 1.66. The second kappa shape index (κ2) is 12.9. The van der Waals surface area contributed by atoms with Crippen molar-refractivity contribution in [2.45, 2.75) is 6.54 Å². The van der Waals surface area contributed by atoms with Crippen LogP contribution in [0.1, 0.15) is 20.7 Å². The van der Waals surface area contributed by atoms with Crippen LogP contribution in [0.5, 0.6) is 5.75 Å². The zero-order chi connectivity index (χ0) is 29.6. The number of benzene rings is 2. The summed E-state index contributed by atoms with van der Waals surface area (Å²) in [5.74, 6) is -1.14. The molecule has 4 aromatic rings. The number of anilines is 2. The third kappa shape index (κ3) is 6.82. The molecule has 0 bridgehead atoms. The standard InChI is InChI=1S/C30H30ClN7O4/c1-36-13-15-37(16-14-36)17-18-38-12-11-32-26(30(38)42)20-5-7-21(8-6-20)28(40)35-27-23(3-2-4-24(27)39)29(41)34-25-10-9-22(31)19-33-25/h2-12,19,39H,13-18H2,1H3,(H,35,40)(H,33,34,41). The van der Waals surface area contributed by atoms with E-state index in [0.717, 1.165) is 32.7 Å². The lowest BCUT2D eigenvalue weighted by Gasteiger charge is -2.32. The maximum Gasteiger partial charge on any atom is 0.277 e. The number of hydrogen-bond acceptors (Lipinski definition) is 8. The van der Waals surface area contributed by atoms with Crippen molar-refractivity contribution in [1.29, 1.82) is 0 Å². The molecular weight excluding hydrogens is 558 g/mol. The minimum absolute atomic E-state index is 0.0438. The van der Waals surface area contributed by atoms with Gasteiger partial charge in [-0.2, -0.15) is 0 Å². The fourth-order valence-corrected chi connectivity index (χ4v) is 4.71. The molecule has 12 heteroatoms. The van der Waals surface area contributed by atoms with E-state index >= 15 is 0 Å². The Hall–Kier alpha value is -4.58. The number of amides is 2. The summed E-state index contributed by atoms with van der Waals surface area (Å²) >= 11 is 5.85. The highest BCUT2D eigenvalue weighted by molar-refractivity contribution is 6.30. The number of aromatic hydroxyl groups is 1. The molecule has 1 fully saturated rings. The van der Waals surface area contributed by atoms with E-state index in [4.69, 9.17) is 11.6 Å². The maximum atomic E-state index is 13.2. The van der Waals surface area contributed by atoms with Gasteiger partial charge < -0.3 is 25.2 Å². The third-order valence-corrected chi connectivity index (χ3v) is 7.31. The molecule has 3 N–H and O–H groups in total. The van der Waals surface area contributed by atoms with Crippen LogP contribution in [0.3, 0.4) is 0 Å². The number of para-hydroxylation sites is 1. The number of carbonyl (C=O) groups is 2. The largest absolute Gasteiger partial charge is 0.506 e. The number of phenolic OH excluding ortho intramolecular Hbond substituents is 1. The third-order valence-electron chi connectivity index (χ3n) is 7.08. The molecule has 0 radical (unpaired) electrons. The van der Waals surface area contributed by atoms with Crippen LogP contribution in [0.2, 0.25) is 5.02 Å². The minimum Gasteiger partial charge on any atom is -0.506 e. The highest BCUT2D eigenvalue weighted by atomic mass is 35.5. The van der Waals surface area contributed by atoms with Crippen molar-refractivity contribution >= 4 is 34.9 Å². The van der Waals surface area contributed by atoms with Gasteiger partial charge in [-0.3, -0.25) is 19.3 Å². The molecule has 42 heavy (non-hydrogen) atoms. The number of pyridine rings is 1. The topological polar surface area (TPSA) is 133 Å². The Morgan fingerprint density at radius 2 is 1.69 bits per heavy atom. The molecule has 0 unspecified atom stereocenters. The normalized spacial score (nSPS) is 14.0. The summed E-state index contributed by atoms with van der Waals surface area (Å²) in [7, 11) is 2.11. The second-order valence-electron chi connectivity index (χ2n) is 9.97. The summed E-state index contributed by atoms with van der Waals surface area (Å²) in [6.45, 7) is 5.30. The summed E-state index contributed by atoms with van der Waals surface area (Å²) in [4.78, 5) is 52.1. The van der Waals surface area contributed by atoms with E-state index in [9.17, 15) is 19.5 Å². The molecule has 0 saturated carbocycles. The van der Waals surface area contributed by atoms with E-state index in [-0.39, 0.29) is 33.9 Å². The van der Waals surface area contributed by atoms with Gasteiger partial charge in [0.1, 0.15) is 17.3 Å². The van der Waals surface area contributed by atoms with E-state index in [2.05, 4.69) is 37.4 Å². The summed E-state index contributed by atoms with van der Waals surface area (Å²) in [6.07, 6.45) is 4.68. The zero-order valence-corrected chi connectivity index (χ0v) is 23.7. The van der Waals surface area contributed by atoms with Crippen LogP contribution in [-0.4, -0.2) is 81.0 Å². The predicted octanol–water partition coefficient (Wildman–Crippen LogP) is 3.42. The van der Waals surface area contributed by atoms with Gasteiger partial charge in [-0.05, 0) is 43.4 Å². The number of aromatic nitrogens is 3. The highest BCUT2D eigenvalue weighted by Gasteiger charge is 2.19. The first-order valence-corrected chi connectivity index (χ1v) is 13.8. The van der Waals surface area contributed by atoms with Gasteiger partial charge in [0, 0.05) is 69.0 Å².